The van der Waals surface area contributed by atoms with Gasteiger partial charge in [0.05, 0.1) is 11.8 Å². The number of rotatable bonds is 4. The minimum absolute atomic E-state index is 0.195. The van der Waals surface area contributed by atoms with Crippen molar-refractivity contribution in [2.75, 3.05) is 10.6 Å². The summed E-state index contributed by atoms with van der Waals surface area (Å²) in [6.45, 7) is 1.85. The van der Waals surface area contributed by atoms with Crippen molar-refractivity contribution >= 4 is 34.8 Å². The number of amides is 2. The molecule has 2 aromatic rings. The summed E-state index contributed by atoms with van der Waals surface area (Å²) < 4.78 is 13.1. The number of benzene rings is 2. The van der Waals surface area contributed by atoms with Crippen LogP contribution in [-0.4, -0.2) is 11.8 Å². The van der Waals surface area contributed by atoms with Crippen LogP contribution in [0.3, 0.4) is 0 Å². The van der Waals surface area contributed by atoms with E-state index in [1.165, 1.54) is 18.2 Å². The highest BCUT2D eigenvalue weighted by Crippen LogP contribution is 2.40. The van der Waals surface area contributed by atoms with Crippen molar-refractivity contribution < 1.29 is 14.0 Å². The molecule has 2 unspecified atom stereocenters. The van der Waals surface area contributed by atoms with Gasteiger partial charge in [0.1, 0.15) is 5.82 Å². The topological polar surface area (TPSA) is 58.2 Å². The lowest BCUT2D eigenvalue weighted by Crippen LogP contribution is -2.20. The van der Waals surface area contributed by atoms with E-state index in [4.69, 9.17) is 11.6 Å². The molecule has 2 N–H and O–H groups in total. The van der Waals surface area contributed by atoms with Gasteiger partial charge in [0.2, 0.25) is 11.8 Å². The van der Waals surface area contributed by atoms with Crippen LogP contribution in [0.1, 0.15) is 12.0 Å². The lowest BCUT2D eigenvalue weighted by atomic mass is 10.2. The first-order chi connectivity index (χ1) is 11.4. The Kier molecular flexibility index (Phi) is 4.53. The van der Waals surface area contributed by atoms with E-state index in [1.807, 2.05) is 6.92 Å². The molecule has 1 saturated carbocycles. The maximum atomic E-state index is 13.1. The number of halogens is 2. The van der Waals surface area contributed by atoms with Gasteiger partial charge in [-0.15, -0.1) is 0 Å². The molecule has 0 bridgehead atoms. The molecule has 1 fully saturated rings. The summed E-state index contributed by atoms with van der Waals surface area (Å²) in [6, 6.07) is 10.9. The molecule has 1 aliphatic carbocycles. The highest BCUT2D eigenvalue weighted by molar-refractivity contribution is 6.30. The monoisotopic (exact) mass is 346 g/mol. The Bertz CT molecular complexity index is 809. The number of hydrogen-bond acceptors (Lipinski definition) is 2. The van der Waals surface area contributed by atoms with Crippen LogP contribution in [-0.2, 0) is 9.59 Å². The van der Waals surface area contributed by atoms with Crippen LogP contribution in [0.4, 0.5) is 15.8 Å². The second-order valence-electron chi connectivity index (χ2n) is 5.90. The standard InChI is InChI=1S/C18H16ClFN2O2/c1-10-7-11(19)5-6-16(10)22-18(24)15-9-14(15)17(23)21-13-4-2-3-12(20)8-13/h2-8,14-15H,9H2,1H3,(H,21,23)(H,22,24). The fourth-order valence-corrected chi connectivity index (χ4v) is 2.80. The molecule has 4 nitrogen and oxygen atoms in total. The number of aryl methyl sites for hydroxylation is 1. The largest absolute Gasteiger partial charge is 0.326 e. The molecule has 1 aliphatic rings. The van der Waals surface area contributed by atoms with E-state index in [2.05, 4.69) is 10.6 Å². The van der Waals surface area contributed by atoms with Crippen LogP contribution in [0, 0.1) is 24.6 Å². The summed E-state index contributed by atoms with van der Waals surface area (Å²) in [5.41, 5.74) is 1.93. The number of nitrogens with one attached hydrogen (secondary N) is 2. The van der Waals surface area contributed by atoms with Gasteiger partial charge in [-0.1, -0.05) is 17.7 Å². The highest BCUT2D eigenvalue weighted by Gasteiger charge is 2.48. The SMILES string of the molecule is Cc1cc(Cl)ccc1NC(=O)C1CC1C(=O)Nc1cccc(F)c1. The quantitative estimate of drug-likeness (QED) is 0.879. The molecule has 2 amide bonds. The van der Waals surface area contributed by atoms with Gasteiger partial charge in [0.25, 0.3) is 0 Å². The van der Waals surface area contributed by atoms with Gasteiger partial charge in [-0.25, -0.2) is 4.39 Å². The number of carbonyl (C=O) groups is 2. The molecule has 0 radical (unpaired) electrons. The molecule has 124 valence electrons. The Hall–Kier alpha value is -2.40. The predicted octanol–water partition coefficient (Wildman–Crippen LogP) is 4.00. The van der Waals surface area contributed by atoms with Gasteiger partial charge >= 0.3 is 0 Å². The molecule has 0 aromatic heterocycles. The first-order valence-electron chi connectivity index (χ1n) is 7.57. The first-order valence-corrected chi connectivity index (χ1v) is 7.95. The van der Waals surface area contributed by atoms with Crippen LogP contribution in [0.5, 0.6) is 0 Å². The molecule has 2 atom stereocenters. The van der Waals surface area contributed by atoms with Crippen molar-refractivity contribution in [3.63, 3.8) is 0 Å². The van der Waals surface area contributed by atoms with Crippen molar-refractivity contribution in [1.29, 1.82) is 0 Å². The van der Waals surface area contributed by atoms with Crippen molar-refractivity contribution in [2.45, 2.75) is 13.3 Å². The van der Waals surface area contributed by atoms with Crippen molar-refractivity contribution in [1.82, 2.24) is 0 Å². The summed E-state index contributed by atoms with van der Waals surface area (Å²) in [4.78, 5) is 24.4. The van der Waals surface area contributed by atoms with Crippen LogP contribution < -0.4 is 10.6 Å². The Morgan fingerprint density at radius 3 is 2.46 bits per heavy atom. The summed E-state index contributed by atoms with van der Waals surface area (Å²) in [5.74, 6) is -1.64. The zero-order valence-electron chi connectivity index (χ0n) is 13.0. The molecule has 6 heteroatoms. The molecule has 24 heavy (non-hydrogen) atoms. The minimum Gasteiger partial charge on any atom is -0.326 e. The second-order valence-corrected chi connectivity index (χ2v) is 6.33. The average molecular weight is 347 g/mol. The van der Waals surface area contributed by atoms with E-state index in [0.29, 0.717) is 22.8 Å². The van der Waals surface area contributed by atoms with E-state index in [9.17, 15) is 14.0 Å². The molecular formula is C18H16ClFN2O2. The van der Waals surface area contributed by atoms with E-state index < -0.39 is 5.82 Å². The lowest BCUT2D eigenvalue weighted by Gasteiger charge is -2.09. The fourth-order valence-electron chi connectivity index (χ4n) is 2.57. The van der Waals surface area contributed by atoms with Gasteiger partial charge in [-0.05, 0) is 55.3 Å². The normalized spacial score (nSPS) is 18.8. The highest BCUT2D eigenvalue weighted by atomic mass is 35.5. The van der Waals surface area contributed by atoms with E-state index in [-0.39, 0.29) is 23.7 Å². The van der Waals surface area contributed by atoms with E-state index in [0.717, 1.165) is 5.56 Å². The molecule has 2 aromatic carbocycles. The summed E-state index contributed by atoms with van der Waals surface area (Å²) >= 11 is 5.89. The number of carbonyl (C=O) groups excluding carboxylic acids is 2. The molecule has 3 rings (SSSR count). The number of anilines is 2. The Morgan fingerprint density at radius 1 is 1.08 bits per heavy atom. The number of hydrogen-bond donors (Lipinski definition) is 2. The minimum atomic E-state index is -0.420. The third-order valence-electron chi connectivity index (χ3n) is 4.00. The van der Waals surface area contributed by atoms with Crippen LogP contribution in [0.15, 0.2) is 42.5 Å². The summed E-state index contributed by atoms with van der Waals surface area (Å²) in [7, 11) is 0. The Labute approximate surface area is 144 Å². The van der Waals surface area contributed by atoms with Crippen molar-refractivity contribution in [3.05, 3.63) is 58.9 Å². The second kappa shape index (κ2) is 6.61. The average Bonchev–Trinajstić information content (AvgIpc) is 3.31. The van der Waals surface area contributed by atoms with Crippen molar-refractivity contribution in [3.8, 4) is 0 Å². The Balaban J connectivity index is 1.58. The fraction of sp³-hybridized carbons (Fsp3) is 0.222. The first kappa shape index (κ1) is 16.5. The van der Waals surface area contributed by atoms with Crippen molar-refractivity contribution in [2.24, 2.45) is 11.8 Å². The summed E-state index contributed by atoms with van der Waals surface area (Å²) in [5, 5.41) is 6.06. The molecular weight excluding hydrogens is 331 g/mol. The smallest absolute Gasteiger partial charge is 0.228 e. The van der Waals surface area contributed by atoms with Gasteiger partial charge in [-0.2, -0.15) is 0 Å². The van der Waals surface area contributed by atoms with Gasteiger partial charge < -0.3 is 10.6 Å². The lowest BCUT2D eigenvalue weighted by molar-refractivity contribution is -0.122. The van der Waals surface area contributed by atoms with Crippen LogP contribution in [0.25, 0.3) is 0 Å². The van der Waals surface area contributed by atoms with Gasteiger partial charge in [0, 0.05) is 16.4 Å². The zero-order valence-corrected chi connectivity index (χ0v) is 13.7. The maximum absolute atomic E-state index is 13.1. The van der Waals surface area contributed by atoms with Crippen LogP contribution in [0.2, 0.25) is 5.02 Å². The van der Waals surface area contributed by atoms with E-state index in [1.54, 1.807) is 24.3 Å². The van der Waals surface area contributed by atoms with E-state index >= 15 is 0 Å². The summed E-state index contributed by atoms with van der Waals surface area (Å²) in [6.07, 6.45) is 0.486. The van der Waals surface area contributed by atoms with Gasteiger partial charge in [-0.3, -0.25) is 9.59 Å². The van der Waals surface area contributed by atoms with Crippen LogP contribution >= 0.6 is 11.6 Å². The van der Waals surface area contributed by atoms with Gasteiger partial charge in [0.15, 0.2) is 0 Å². The molecule has 0 aliphatic heterocycles. The predicted molar refractivity (Wildman–Crippen MR) is 91.4 cm³/mol. The Morgan fingerprint density at radius 2 is 1.79 bits per heavy atom. The molecule has 0 saturated heterocycles. The molecule has 0 heterocycles. The maximum Gasteiger partial charge on any atom is 0.228 e. The third-order valence-corrected chi connectivity index (χ3v) is 4.24. The third kappa shape index (κ3) is 3.74. The molecule has 0 spiro atoms. The zero-order chi connectivity index (χ0) is 17.3.